The lowest BCUT2D eigenvalue weighted by Gasteiger charge is -2.41. The molecule has 0 saturated carbocycles. The number of alkyl halides is 6. The molecule has 0 spiro atoms. The molecule has 0 bridgehead atoms. The fourth-order valence-electron chi connectivity index (χ4n) is 5.68. The summed E-state index contributed by atoms with van der Waals surface area (Å²) in [6.45, 7) is 3.66. The number of aliphatic hydroxyl groups is 2. The summed E-state index contributed by atoms with van der Waals surface area (Å²) >= 11 is 0. The Bertz CT molecular complexity index is 1220. The maximum Gasteiger partial charge on any atom is 0.573 e. The van der Waals surface area contributed by atoms with Crippen LogP contribution in [0.2, 0.25) is 0 Å². The van der Waals surface area contributed by atoms with E-state index < -0.39 is 47.1 Å². The Balaban J connectivity index is 1.18. The van der Waals surface area contributed by atoms with Crippen LogP contribution in [0.25, 0.3) is 0 Å². The molecule has 0 amide bonds. The Kier molecular flexibility index (Phi) is 10.1. The first-order valence-electron chi connectivity index (χ1n) is 14.0. The molecule has 6 nitrogen and oxygen atoms in total. The number of piperidine rings is 2. The number of benzene rings is 2. The lowest BCUT2D eigenvalue weighted by molar-refractivity contribution is -0.276. The van der Waals surface area contributed by atoms with Gasteiger partial charge in [-0.15, -0.1) is 26.3 Å². The highest BCUT2D eigenvalue weighted by Crippen LogP contribution is 2.37. The zero-order valence-electron chi connectivity index (χ0n) is 23.3. The zero-order chi connectivity index (χ0) is 31.5. The van der Waals surface area contributed by atoms with Crippen LogP contribution in [-0.4, -0.2) is 77.6 Å². The van der Waals surface area contributed by atoms with Gasteiger partial charge in [0.05, 0.1) is 11.2 Å². The molecule has 2 fully saturated rings. The summed E-state index contributed by atoms with van der Waals surface area (Å²) in [5.41, 5.74) is -1.67. The first kappa shape index (κ1) is 33.2. The van der Waals surface area contributed by atoms with Crippen molar-refractivity contribution in [1.82, 2.24) is 9.80 Å². The van der Waals surface area contributed by atoms with Crippen LogP contribution in [-0.2, 0) is 12.0 Å². The SMILES string of the molecule is OC1(CCCc2ccc(F)c(OC(F)(F)F)c2)CCN(CCN2CCC(O)(c3ccc(F)c(OC(F)(F)F)c3)CC2)CC1. The van der Waals surface area contributed by atoms with Gasteiger partial charge in [0, 0.05) is 39.3 Å². The Morgan fingerprint density at radius 1 is 0.698 bits per heavy atom. The Morgan fingerprint density at radius 2 is 1.19 bits per heavy atom. The Labute approximate surface area is 243 Å². The van der Waals surface area contributed by atoms with E-state index in [1.54, 1.807) is 0 Å². The molecule has 2 aliphatic heterocycles. The van der Waals surface area contributed by atoms with Gasteiger partial charge in [-0.25, -0.2) is 8.78 Å². The van der Waals surface area contributed by atoms with Crippen LogP contribution in [0.5, 0.6) is 11.5 Å². The summed E-state index contributed by atoms with van der Waals surface area (Å²) in [7, 11) is 0. The summed E-state index contributed by atoms with van der Waals surface area (Å²) in [6.07, 6.45) is -7.20. The van der Waals surface area contributed by atoms with Crippen molar-refractivity contribution in [1.29, 1.82) is 0 Å². The highest BCUT2D eigenvalue weighted by Gasteiger charge is 2.38. The predicted octanol–water partition coefficient (Wildman–Crippen LogP) is 5.90. The fourth-order valence-corrected chi connectivity index (χ4v) is 5.68. The molecule has 2 aliphatic rings. The smallest absolute Gasteiger partial charge is 0.403 e. The molecule has 0 atom stereocenters. The Morgan fingerprint density at radius 3 is 1.72 bits per heavy atom. The number of ether oxygens (including phenoxy) is 2. The van der Waals surface area contributed by atoms with Gasteiger partial charge in [-0.3, -0.25) is 0 Å². The van der Waals surface area contributed by atoms with Gasteiger partial charge in [-0.2, -0.15) is 0 Å². The van der Waals surface area contributed by atoms with E-state index in [1.807, 2.05) is 0 Å². The van der Waals surface area contributed by atoms with Crippen molar-refractivity contribution in [3.05, 3.63) is 59.2 Å². The Hall–Kier alpha value is -2.68. The summed E-state index contributed by atoms with van der Waals surface area (Å²) in [4.78, 5) is 4.34. The first-order chi connectivity index (χ1) is 20.0. The number of likely N-dealkylation sites (tertiary alicyclic amines) is 2. The molecule has 0 aliphatic carbocycles. The quantitative estimate of drug-likeness (QED) is 0.321. The molecule has 4 rings (SSSR count). The van der Waals surface area contributed by atoms with Crippen molar-refractivity contribution in [2.75, 3.05) is 39.3 Å². The number of aryl methyl sites for hydroxylation is 1. The number of halogens is 8. The predicted molar refractivity (Wildman–Crippen MR) is 139 cm³/mol. The van der Waals surface area contributed by atoms with Gasteiger partial charge in [0.1, 0.15) is 0 Å². The molecule has 2 aromatic carbocycles. The second-order valence-corrected chi connectivity index (χ2v) is 11.3. The monoisotopic (exact) mass is 626 g/mol. The van der Waals surface area contributed by atoms with Crippen molar-refractivity contribution in [2.24, 2.45) is 0 Å². The summed E-state index contributed by atoms with van der Waals surface area (Å²) in [6, 6.07) is 6.36. The third kappa shape index (κ3) is 9.65. The maximum atomic E-state index is 13.8. The standard InChI is InChI=1S/C29H34F8N2O4/c30-22-5-3-20(18-24(22)42-28(32,33)34)2-1-7-26(40)8-12-38(13-9-26)16-17-39-14-10-27(41,11-15-39)21-4-6-23(31)25(19-21)43-29(35,36)37/h3-6,18-19,40-41H,1-2,7-17H2. The molecule has 0 radical (unpaired) electrons. The van der Waals surface area contributed by atoms with E-state index in [0.29, 0.717) is 76.9 Å². The second kappa shape index (κ2) is 13.1. The molecule has 0 aromatic heterocycles. The van der Waals surface area contributed by atoms with Crippen molar-refractivity contribution in [3.8, 4) is 11.5 Å². The lowest BCUT2D eigenvalue weighted by atomic mass is 9.84. The molecular formula is C29H34F8N2O4. The highest BCUT2D eigenvalue weighted by molar-refractivity contribution is 5.34. The number of hydrogen-bond donors (Lipinski definition) is 2. The van der Waals surface area contributed by atoms with Crippen LogP contribution in [0.1, 0.15) is 49.7 Å². The normalized spacial score (nSPS) is 19.8. The maximum absolute atomic E-state index is 13.8. The van der Waals surface area contributed by atoms with E-state index in [9.17, 15) is 45.3 Å². The van der Waals surface area contributed by atoms with E-state index >= 15 is 0 Å². The van der Waals surface area contributed by atoms with E-state index in [2.05, 4.69) is 19.3 Å². The molecule has 43 heavy (non-hydrogen) atoms. The second-order valence-electron chi connectivity index (χ2n) is 11.3. The van der Waals surface area contributed by atoms with Crippen molar-refractivity contribution in [3.63, 3.8) is 0 Å². The lowest BCUT2D eigenvalue weighted by Crippen LogP contribution is -2.48. The van der Waals surface area contributed by atoms with E-state index in [4.69, 9.17) is 0 Å². The number of rotatable bonds is 10. The minimum atomic E-state index is -5.05. The van der Waals surface area contributed by atoms with E-state index in [1.165, 1.54) is 12.1 Å². The largest absolute Gasteiger partial charge is 0.573 e. The van der Waals surface area contributed by atoms with Crippen LogP contribution in [0.15, 0.2) is 36.4 Å². The first-order valence-corrected chi connectivity index (χ1v) is 14.0. The zero-order valence-corrected chi connectivity index (χ0v) is 23.3. The highest BCUT2D eigenvalue weighted by atomic mass is 19.4. The minimum Gasteiger partial charge on any atom is -0.403 e. The van der Waals surface area contributed by atoms with Crippen LogP contribution in [0.4, 0.5) is 35.1 Å². The van der Waals surface area contributed by atoms with Crippen molar-refractivity contribution in [2.45, 2.75) is 68.9 Å². The van der Waals surface area contributed by atoms with Gasteiger partial charge in [0.25, 0.3) is 0 Å². The van der Waals surface area contributed by atoms with Gasteiger partial charge in [-0.1, -0.05) is 12.1 Å². The van der Waals surface area contributed by atoms with Gasteiger partial charge in [0.15, 0.2) is 23.1 Å². The molecule has 0 unspecified atom stereocenters. The van der Waals surface area contributed by atoms with Crippen molar-refractivity contribution < 1.29 is 54.8 Å². The van der Waals surface area contributed by atoms with E-state index in [0.717, 1.165) is 24.3 Å². The number of hydrogen-bond acceptors (Lipinski definition) is 6. The van der Waals surface area contributed by atoms with Crippen LogP contribution in [0, 0.1) is 11.6 Å². The fraction of sp³-hybridized carbons (Fsp3) is 0.586. The van der Waals surface area contributed by atoms with Crippen LogP contribution in [0.3, 0.4) is 0 Å². The summed E-state index contributed by atoms with van der Waals surface area (Å²) in [5, 5.41) is 22.1. The minimum absolute atomic E-state index is 0.164. The topological polar surface area (TPSA) is 65.4 Å². The summed E-state index contributed by atoms with van der Waals surface area (Å²) < 4.78 is 110. The molecule has 2 N–H and O–H groups in total. The van der Waals surface area contributed by atoms with Crippen molar-refractivity contribution >= 4 is 0 Å². The molecule has 2 heterocycles. The van der Waals surface area contributed by atoms with Crippen LogP contribution < -0.4 is 9.47 Å². The van der Waals surface area contributed by atoms with E-state index in [-0.39, 0.29) is 18.4 Å². The third-order valence-corrected chi connectivity index (χ3v) is 8.23. The molecular weight excluding hydrogens is 592 g/mol. The van der Waals surface area contributed by atoms with Gasteiger partial charge in [0.2, 0.25) is 0 Å². The summed E-state index contributed by atoms with van der Waals surface area (Å²) in [5.74, 6) is -4.13. The molecule has 14 heteroatoms. The van der Waals surface area contributed by atoms with Gasteiger partial charge < -0.3 is 29.5 Å². The third-order valence-electron chi connectivity index (χ3n) is 8.23. The van der Waals surface area contributed by atoms with Gasteiger partial charge >= 0.3 is 12.7 Å². The molecule has 240 valence electrons. The number of nitrogens with zero attached hydrogens (tertiary/aromatic N) is 2. The molecule has 2 aromatic rings. The van der Waals surface area contributed by atoms with Gasteiger partial charge in [-0.05, 0) is 80.3 Å². The average Bonchev–Trinajstić information content (AvgIpc) is 2.91. The molecule has 2 saturated heterocycles. The average molecular weight is 627 g/mol. The van der Waals surface area contributed by atoms with Crippen LogP contribution >= 0.6 is 0 Å².